The molecule has 0 N–H and O–H groups in total. The third-order valence-corrected chi connectivity index (χ3v) is 3.46. The molecule has 0 heterocycles. The number of hydrogen-bond donors (Lipinski definition) is 0. The number of rotatable bonds is 6. The largest absolute Gasteiger partial charge is 0.206 e. The molecular formula is C19H17F2N3. The molecule has 2 rings (SSSR count). The van der Waals surface area contributed by atoms with Gasteiger partial charge in [-0.1, -0.05) is 25.5 Å². The monoisotopic (exact) mass is 325 g/mol. The van der Waals surface area contributed by atoms with Gasteiger partial charge in [0.25, 0.3) is 0 Å². The van der Waals surface area contributed by atoms with Crippen LogP contribution in [0.2, 0.25) is 0 Å². The Morgan fingerprint density at radius 3 is 2.25 bits per heavy atom. The van der Waals surface area contributed by atoms with Gasteiger partial charge in [0.1, 0.15) is 11.6 Å². The van der Waals surface area contributed by atoms with E-state index in [1.54, 1.807) is 24.3 Å². The molecule has 0 aliphatic rings. The minimum atomic E-state index is -0.640. The molecule has 0 spiro atoms. The Labute approximate surface area is 140 Å². The van der Waals surface area contributed by atoms with Gasteiger partial charge in [-0.15, -0.1) is 0 Å². The van der Waals surface area contributed by atoms with Crippen LogP contribution in [0.5, 0.6) is 0 Å². The van der Waals surface area contributed by atoms with Crippen molar-refractivity contribution < 1.29 is 8.78 Å². The molecule has 2 aromatic rings. The molecule has 122 valence electrons. The van der Waals surface area contributed by atoms with Crippen molar-refractivity contribution in [3.05, 3.63) is 70.3 Å². The van der Waals surface area contributed by atoms with E-state index in [1.807, 2.05) is 13.0 Å². The molecule has 0 radical (unpaired) electrons. The van der Waals surface area contributed by atoms with Crippen molar-refractivity contribution in [3.63, 3.8) is 0 Å². The highest BCUT2D eigenvalue weighted by Gasteiger charge is 2.09. The lowest BCUT2D eigenvalue weighted by molar-refractivity contribution is 0.575. The molecule has 0 unspecified atom stereocenters. The van der Waals surface area contributed by atoms with Crippen molar-refractivity contribution >= 4 is 12.4 Å². The SMILES string of the molecule is CCCCc1cc(F)c(C=NN=Cc2ccc(C#N)cc2)c(F)c1. The topological polar surface area (TPSA) is 48.5 Å². The predicted octanol–water partition coefficient (Wildman–Crippen LogP) is 4.63. The van der Waals surface area contributed by atoms with Crippen LogP contribution < -0.4 is 0 Å². The number of nitrogens with zero attached hydrogens (tertiary/aromatic N) is 3. The van der Waals surface area contributed by atoms with Gasteiger partial charge >= 0.3 is 0 Å². The van der Waals surface area contributed by atoms with Crippen molar-refractivity contribution in [2.24, 2.45) is 10.2 Å². The first-order valence-corrected chi connectivity index (χ1v) is 7.68. The van der Waals surface area contributed by atoms with Crippen molar-refractivity contribution in [2.45, 2.75) is 26.2 Å². The van der Waals surface area contributed by atoms with E-state index >= 15 is 0 Å². The lowest BCUT2D eigenvalue weighted by Gasteiger charge is -2.04. The maximum atomic E-state index is 14.0. The fourth-order valence-corrected chi connectivity index (χ4v) is 2.12. The van der Waals surface area contributed by atoms with Gasteiger partial charge in [-0.3, -0.25) is 0 Å². The van der Waals surface area contributed by atoms with E-state index in [-0.39, 0.29) is 5.56 Å². The normalized spacial score (nSPS) is 11.2. The van der Waals surface area contributed by atoms with Crippen LogP contribution in [0.25, 0.3) is 0 Å². The molecule has 0 saturated carbocycles. The summed E-state index contributed by atoms with van der Waals surface area (Å²) in [7, 11) is 0. The summed E-state index contributed by atoms with van der Waals surface area (Å²) in [5, 5.41) is 16.2. The standard InChI is InChI=1S/C19H17F2N3/c1-2-3-4-16-9-18(20)17(19(21)10-16)13-24-23-12-15-7-5-14(11-22)6-8-15/h5-10,12-13H,2-4H2,1H3. The Morgan fingerprint density at radius 1 is 1.04 bits per heavy atom. The fourth-order valence-electron chi connectivity index (χ4n) is 2.12. The second-order valence-electron chi connectivity index (χ2n) is 5.30. The lowest BCUT2D eigenvalue weighted by atomic mass is 10.1. The van der Waals surface area contributed by atoms with Gasteiger partial charge in [0.2, 0.25) is 0 Å². The Kier molecular flexibility index (Phi) is 6.32. The van der Waals surface area contributed by atoms with Crippen LogP contribution in [-0.4, -0.2) is 12.4 Å². The molecule has 0 amide bonds. The summed E-state index contributed by atoms with van der Waals surface area (Å²) in [6.45, 7) is 2.03. The van der Waals surface area contributed by atoms with Gasteiger partial charge in [0, 0.05) is 0 Å². The zero-order chi connectivity index (χ0) is 17.4. The summed E-state index contributed by atoms with van der Waals surface area (Å²) < 4.78 is 27.9. The summed E-state index contributed by atoms with van der Waals surface area (Å²) in [6.07, 6.45) is 5.02. The molecule has 0 atom stereocenters. The van der Waals surface area contributed by atoms with Gasteiger partial charge in [0.15, 0.2) is 0 Å². The second-order valence-corrected chi connectivity index (χ2v) is 5.30. The third-order valence-electron chi connectivity index (χ3n) is 3.46. The smallest absolute Gasteiger partial charge is 0.135 e. The van der Waals surface area contributed by atoms with Crippen LogP contribution in [0.15, 0.2) is 46.6 Å². The molecular weight excluding hydrogens is 308 g/mol. The van der Waals surface area contributed by atoms with Gasteiger partial charge in [-0.2, -0.15) is 15.5 Å². The van der Waals surface area contributed by atoms with Gasteiger partial charge in [0.05, 0.1) is 29.6 Å². The van der Waals surface area contributed by atoms with Crippen molar-refractivity contribution in [2.75, 3.05) is 0 Å². The molecule has 5 heteroatoms. The Balaban J connectivity index is 2.08. The highest BCUT2D eigenvalue weighted by Crippen LogP contribution is 2.15. The first-order valence-electron chi connectivity index (χ1n) is 7.68. The average Bonchev–Trinajstić information content (AvgIpc) is 2.59. The van der Waals surface area contributed by atoms with E-state index in [0.717, 1.165) is 24.6 Å². The van der Waals surface area contributed by atoms with E-state index in [9.17, 15) is 8.78 Å². The number of halogens is 2. The second kappa shape index (κ2) is 8.68. The molecule has 3 nitrogen and oxygen atoms in total. The zero-order valence-electron chi connectivity index (χ0n) is 13.3. The molecule has 24 heavy (non-hydrogen) atoms. The molecule has 0 saturated heterocycles. The summed E-state index contributed by atoms with van der Waals surface area (Å²) in [5.41, 5.74) is 1.72. The van der Waals surface area contributed by atoms with Crippen LogP contribution in [0.4, 0.5) is 8.78 Å². The first kappa shape index (κ1) is 17.5. The third kappa shape index (κ3) is 4.82. The van der Waals surface area contributed by atoms with Crippen LogP contribution in [0.1, 0.15) is 42.0 Å². The quantitative estimate of drug-likeness (QED) is 0.564. The van der Waals surface area contributed by atoms with E-state index in [4.69, 9.17) is 5.26 Å². The molecule has 0 aliphatic carbocycles. The number of unbranched alkanes of at least 4 members (excludes halogenated alkanes) is 1. The molecule has 0 aliphatic heterocycles. The Morgan fingerprint density at radius 2 is 1.67 bits per heavy atom. The number of benzene rings is 2. The summed E-state index contributed by atoms with van der Waals surface area (Å²) in [5.74, 6) is -1.28. The number of aryl methyl sites for hydroxylation is 1. The maximum absolute atomic E-state index is 14.0. The molecule has 2 aromatic carbocycles. The summed E-state index contributed by atoms with van der Waals surface area (Å²) in [4.78, 5) is 0. The molecule has 0 bridgehead atoms. The fraction of sp³-hybridized carbons (Fsp3) is 0.211. The first-order chi connectivity index (χ1) is 11.6. The van der Waals surface area contributed by atoms with E-state index < -0.39 is 11.6 Å². The predicted molar refractivity (Wildman–Crippen MR) is 91.3 cm³/mol. The Hall–Kier alpha value is -2.87. The molecule has 0 fully saturated rings. The number of hydrogen-bond acceptors (Lipinski definition) is 3. The van der Waals surface area contributed by atoms with Crippen LogP contribution in [0.3, 0.4) is 0 Å². The summed E-state index contributed by atoms with van der Waals surface area (Å²) >= 11 is 0. The highest BCUT2D eigenvalue weighted by molar-refractivity contribution is 5.83. The van der Waals surface area contributed by atoms with E-state index in [2.05, 4.69) is 10.2 Å². The summed E-state index contributed by atoms with van der Waals surface area (Å²) in [6, 6.07) is 11.4. The average molecular weight is 325 g/mol. The van der Waals surface area contributed by atoms with Gasteiger partial charge in [-0.05, 0) is 48.2 Å². The van der Waals surface area contributed by atoms with Crippen molar-refractivity contribution in [3.8, 4) is 6.07 Å². The molecule has 0 aromatic heterocycles. The van der Waals surface area contributed by atoms with E-state index in [0.29, 0.717) is 17.5 Å². The van der Waals surface area contributed by atoms with Crippen LogP contribution in [0, 0.1) is 23.0 Å². The minimum Gasteiger partial charge on any atom is -0.206 e. The van der Waals surface area contributed by atoms with E-state index in [1.165, 1.54) is 18.3 Å². The minimum absolute atomic E-state index is 0.202. The van der Waals surface area contributed by atoms with Crippen molar-refractivity contribution in [1.29, 1.82) is 5.26 Å². The Bertz CT molecular complexity index is 764. The highest BCUT2D eigenvalue weighted by atomic mass is 19.1. The zero-order valence-corrected chi connectivity index (χ0v) is 13.3. The van der Waals surface area contributed by atoms with Gasteiger partial charge in [-0.25, -0.2) is 8.78 Å². The van der Waals surface area contributed by atoms with Crippen LogP contribution in [-0.2, 0) is 6.42 Å². The lowest BCUT2D eigenvalue weighted by Crippen LogP contribution is -1.97. The van der Waals surface area contributed by atoms with Gasteiger partial charge < -0.3 is 0 Å². The number of nitriles is 1. The van der Waals surface area contributed by atoms with Crippen molar-refractivity contribution in [1.82, 2.24) is 0 Å². The van der Waals surface area contributed by atoms with Crippen LogP contribution >= 0.6 is 0 Å². The maximum Gasteiger partial charge on any atom is 0.135 e.